The van der Waals surface area contributed by atoms with E-state index in [-0.39, 0.29) is 4.90 Å². The molecule has 0 N–H and O–H groups in total. The Bertz CT molecular complexity index is 494. The number of nitrogens with zero attached hydrogens (tertiary/aromatic N) is 1. The minimum atomic E-state index is -4.56. The summed E-state index contributed by atoms with van der Waals surface area (Å²) in [7, 11) is -2.88. The third-order valence-electron chi connectivity index (χ3n) is 2.44. The molecule has 0 aliphatic rings. The second-order valence-electron chi connectivity index (χ2n) is 3.74. The van der Waals surface area contributed by atoms with Crippen LogP contribution in [0.2, 0.25) is 0 Å². The second-order valence-corrected chi connectivity index (χ2v) is 6.42. The Morgan fingerprint density at radius 2 is 1.94 bits per heavy atom. The number of hydrogen-bond donors (Lipinski definition) is 0. The Morgan fingerprint density at radius 1 is 1.33 bits per heavy atom. The fraction of sp³-hybridized carbons (Fsp3) is 0.455. The summed E-state index contributed by atoms with van der Waals surface area (Å²) in [6, 6.07) is 5.81. The van der Waals surface area contributed by atoms with E-state index in [9.17, 15) is 17.2 Å². The van der Waals surface area contributed by atoms with Crippen molar-refractivity contribution in [2.45, 2.75) is 17.1 Å². The highest BCUT2D eigenvalue weighted by Crippen LogP contribution is 2.28. The lowest BCUT2D eigenvalue weighted by atomic mass is 10.3. The van der Waals surface area contributed by atoms with Crippen LogP contribution in [-0.2, 0) is 9.84 Å². The number of benzene rings is 1. The molecule has 0 radical (unpaired) electrons. The van der Waals surface area contributed by atoms with E-state index in [1.165, 1.54) is 18.2 Å². The molecule has 0 saturated carbocycles. The van der Waals surface area contributed by atoms with Gasteiger partial charge in [-0.05, 0) is 18.6 Å². The molecule has 1 aromatic carbocycles. The van der Waals surface area contributed by atoms with Gasteiger partial charge in [0.15, 0.2) is 0 Å². The quantitative estimate of drug-likeness (QED) is 0.746. The fourth-order valence-corrected chi connectivity index (χ4v) is 2.75. The fourth-order valence-electron chi connectivity index (χ4n) is 1.53. The van der Waals surface area contributed by atoms with Gasteiger partial charge in [0.1, 0.15) is 0 Å². The normalized spacial score (nSPS) is 11.8. The largest absolute Gasteiger partial charge is 0.374 e. The molecule has 0 aliphatic heterocycles. The standard InChI is InChI=1S/C11H14BrF2NO2S/c1-15(8-4-7-12)9-5-2-3-6-10(9)18(16,17)11(13)14/h2-3,5-6,11H,4,7-8H2,1H3. The van der Waals surface area contributed by atoms with E-state index in [2.05, 4.69) is 15.9 Å². The van der Waals surface area contributed by atoms with Gasteiger partial charge in [0, 0.05) is 18.9 Å². The molecule has 3 nitrogen and oxygen atoms in total. The van der Waals surface area contributed by atoms with Crippen LogP contribution in [0.4, 0.5) is 14.5 Å². The van der Waals surface area contributed by atoms with Crippen LogP contribution in [0.25, 0.3) is 0 Å². The first-order valence-corrected chi connectivity index (χ1v) is 7.96. The predicted octanol–water partition coefficient (Wildman–Crippen LogP) is 2.90. The van der Waals surface area contributed by atoms with E-state index < -0.39 is 15.6 Å². The van der Waals surface area contributed by atoms with Crippen molar-refractivity contribution >= 4 is 31.5 Å². The van der Waals surface area contributed by atoms with E-state index in [4.69, 9.17) is 0 Å². The molecule has 1 rings (SSSR count). The van der Waals surface area contributed by atoms with Gasteiger partial charge in [0.25, 0.3) is 0 Å². The highest BCUT2D eigenvalue weighted by atomic mass is 79.9. The molecule has 0 aliphatic carbocycles. The number of para-hydroxylation sites is 1. The van der Waals surface area contributed by atoms with Crippen LogP contribution in [0, 0.1) is 0 Å². The van der Waals surface area contributed by atoms with Gasteiger partial charge >= 0.3 is 5.76 Å². The summed E-state index contributed by atoms with van der Waals surface area (Å²) in [6.07, 6.45) is 0.791. The van der Waals surface area contributed by atoms with E-state index >= 15 is 0 Å². The summed E-state index contributed by atoms with van der Waals surface area (Å²) in [5.74, 6) is -3.40. The Labute approximate surface area is 114 Å². The van der Waals surface area contributed by atoms with Crippen LogP contribution in [0.15, 0.2) is 29.2 Å². The van der Waals surface area contributed by atoms with E-state index in [0.29, 0.717) is 12.2 Å². The number of alkyl halides is 3. The maximum Gasteiger partial charge on any atom is 0.341 e. The SMILES string of the molecule is CN(CCCBr)c1ccccc1S(=O)(=O)C(F)F. The summed E-state index contributed by atoms with van der Waals surface area (Å²) in [6.45, 7) is 0.584. The first-order valence-electron chi connectivity index (χ1n) is 5.29. The second kappa shape index (κ2) is 6.47. The number of anilines is 1. The first kappa shape index (κ1) is 15.4. The Balaban J connectivity index is 3.15. The summed E-state index contributed by atoms with van der Waals surface area (Å²) in [5.41, 5.74) is 0.304. The van der Waals surface area contributed by atoms with Crippen molar-refractivity contribution in [3.63, 3.8) is 0 Å². The molecule has 18 heavy (non-hydrogen) atoms. The highest BCUT2D eigenvalue weighted by molar-refractivity contribution is 9.09. The predicted molar refractivity (Wildman–Crippen MR) is 71.3 cm³/mol. The zero-order chi connectivity index (χ0) is 13.8. The average Bonchev–Trinajstić information content (AvgIpc) is 2.35. The van der Waals surface area contributed by atoms with Crippen molar-refractivity contribution in [1.82, 2.24) is 0 Å². The van der Waals surface area contributed by atoms with Gasteiger partial charge in [0.05, 0.1) is 10.6 Å². The van der Waals surface area contributed by atoms with Crippen molar-refractivity contribution in [2.75, 3.05) is 23.8 Å². The monoisotopic (exact) mass is 341 g/mol. The van der Waals surface area contributed by atoms with Crippen molar-refractivity contribution < 1.29 is 17.2 Å². The molecule has 0 atom stereocenters. The van der Waals surface area contributed by atoms with Crippen molar-refractivity contribution in [1.29, 1.82) is 0 Å². The van der Waals surface area contributed by atoms with E-state index in [1.807, 2.05) is 0 Å². The van der Waals surface area contributed by atoms with Gasteiger partial charge in [-0.25, -0.2) is 8.42 Å². The van der Waals surface area contributed by atoms with Crippen LogP contribution in [0.3, 0.4) is 0 Å². The number of rotatable bonds is 6. The molecule has 0 fully saturated rings. The van der Waals surface area contributed by atoms with Gasteiger partial charge in [-0.15, -0.1) is 0 Å². The summed E-state index contributed by atoms with van der Waals surface area (Å²) >= 11 is 3.27. The molecule has 7 heteroatoms. The van der Waals surface area contributed by atoms with Gasteiger partial charge < -0.3 is 4.90 Å². The number of halogens is 3. The topological polar surface area (TPSA) is 37.4 Å². The summed E-state index contributed by atoms with van der Waals surface area (Å²) < 4.78 is 48.2. The molecule has 0 amide bonds. The molecule has 0 bridgehead atoms. The minimum Gasteiger partial charge on any atom is -0.374 e. The maximum absolute atomic E-state index is 12.6. The first-order chi connectivity index (χ1) is 8.41. The minimum absolute atomic E-state index is 0.304. The Hall–Kier alpha value is -0.690. The third kappa shape index (κ3) is 3.41. The molecule has 0 aromatic heterocycles. The Morgan fingerprint density at radius 3 is 2.50 bits per heavy atom. The number of hydrogen-bond acceptors (Lipinski definition) is 3. The summed E-state index contributed by atoms with van der Waals surface area (Å²) in [4.78, 5) is 1.34. The Kier molecular flexibility index (Phi) is 5.52. The van der Waals surface area contributed by atoms with Crippen LogP contribution in [-0.4, -0.2) is 33.1 Å². The maximum atomic E-state index is 12.6. The zero-order valence-electron chi connectivity index (χ0n) is 9.81. The molecule has 102 valence electrons. The number of sulfone groups is 1. The van der Waals surface area contributed by atoms with Crippen molar-refractivity contribution in [3.8, 4) is 0 Å². The summed E-state index contributed by atoms with van der Waals surface area (Å²) in [5, 5.41) is 0.765. The molecule has 0 unspecified atom stereocenters. The lowest BCUT2D eigenvalue weighted by Gasteiger charge is -2.21. The molecular formula is C11H14BrF2NO2S. The van der Waals surface area contributed by atoms with Crippen LogP contribution in [0.5, 0.6) is 0 Å². The molecule has 0 heterocycles. The molecular weight excluding hydrogens is 328 g/mol. The smallest absolute Gasteiger partial charge is 0.341 e. The molecule has 0 spiro atoms. The van der Waals surface area contributed by atoms with Crippen LogP contribution >= 0.6 is 15.9 Å². The van der Waals surface area contributed by atoms with Gasteiger partial charge in [-0.2, -0.15) is 8.78 Å². The van der Waals surface area contributed by atoms with Gasteiger partial charge in [-0.3, -0.25) is 0 Å². The average molecular weight is 342 g/mol. The van der Waals surface area contributed by atoms with Crippen LogP contribution < -0.4 is 4.90 Å². The van der Waals surface area contributed by atoms with Gasteiger partial charge in [-0.1, -0.05) is 28.1 Å². The third-order valence-corrected chi connectivity index (χ3v) is 4.43. The van der Waals surface area contributed by atoms with Crippen molar-refractivity contribution in [3.05, 3.63) is 24.3 Å². The van der Waals surface area contributed by atoms with Crippen molar-refractivity contribution in [2.24, 2.45) is 0 Å². The highest BCUT2D eigenvalue weighted by Gasteiger charge is 2.29. The van der Waals surface area contributed by atoms with E-state index in [0.717, 1.165) is 11.8 Å². The molecule has 0 saturated heterocycles. The lowest BCUT2D eigenvalue weighted by Crippen LogP contribution is -2.23. The van der Waals surface area contributed by atoms with Gasteiger partial charge in [0.2, 0.25) is 9.84 Å². The van der Waals surface area contributed by atoms with Crippen LogP contribution in [0.1, 0.15) is 6.42 Å². The zero-order valence-corrected chi connectivity index (χ0v) is 12.2. The molecule has 1 aromatic rings. The van der Waals surface area contributed by atoms with E-state index in [1.54, 1.807) is 18.0 Å². The lowest BCUT2D eigenvalue weighted by molar-refractivity contribution is 0.235.